The van der Waals surface area contributed by atoms with E-state index in [1.807, 2.05) is 12.1 Å². The van der Waals surface area contributed by atoms with Crippen molar-refractivity contribution in [1.29, 1.82) is 0 Å². The highest BCUT2D eigenvalue weighted by Gasteiger charge is 2.42. The van der Waals surface area contributed by atoms with Crippen molar-refractivity contribution < 1.29 is 9.59 Å². The average Bonchev–Trinajstić information content (AvgIpc) is 3.08. The molecule has 1 aromatic heterocycles. The molecule has 1 N–H and O–H groups in total. The second-order valence-corrected chi connectivity index (χ2v) is 7.33. The van der Waals surface area contributed by atoms with Crippen LogP contribution in [-0.2, 0) is 16.1 Å². The molecular formula is C12H13BrN2O2S. The zero-order valence-electron chi connectivity index (χ0n) is 9.69. The summed E-state index contributed by atoms with van der Waals surface area (Å²) in [5.74, 6) is 0.392. The Morgan fingerprint density at radius 1 is 1.39 bits per heavy atom. The molecule has 0 spiro atoms. The highest BCUT2D eigenvalue weighted by molar-refractivity contribution is 9.11. The lowest BCUT2D eigenvalue weighted by atomic mass is 10.1. The minimum Gasteiger partial charge on any atom is -0.342 e. The van der Waals surface area contributed by atoms with Crippen molar-refractivity contribution in [2.75, 3.05) is 6.54 Å². The third-order valence-corrected chi connectivity index (χ3v) is 4.91. The number of nitrogens with zero attached hydrogens (tertiary/aromatic N) is 1. The summed E-state index contributed by atoms with van der Waals surface area (Å²) in [5, 5.41) is 2.81. The lowest BCUT2D eigenvalue weighted by Crippen LogP contribution is -2.58. The maximum absolute atomic E-state index is 12.3. The Hall–Kier alpha value is -0.880. The monoisotopic (exact) mass is 328 g/mol. The Morgan fingerprint density at radius 3 is 2.78 bits per heavy atom. The zero-order chi connectivity index (χ0) is 12.7. The molecule has 1 aliphatic carbocycles. The molecule has 4 nitrogen and oxygen atoms in total. The van der Waals surface area contributed by atoms with Crippen LogP contribution in [0.2, 0.25) is 0 Å². The molecule has 2 fully saturated rings. The van der Waals surface area contributed by atoms with Crippen LogP contribution in [0, 0.1) is 5.92 Å². The molecule has 18 heavy (non-hydrogen) atoms. The summed E-state index contributed by atoms with van der Waals surface area (Å²) < 4.78 is 1.05. The van der Waals surface area contributed by atoms with Gasteiger partial charge in [0.15, 0.2) is 0 Å². The van der Waals surface area contributed by atoms with Gasteiger partial charge in [0.2, 0.25) is 11.8 Å². The molecule has 96 valence electrons. The van der Waals surface area contributed by atoms with E-state index >= 15 is 0 Å². The van der Waals surface area contributed by atoms with Gasteiger partial charge in [-0.3, -0.25) is 9.59 Å². The first kappa shape index (κ1) is 12.2. The maximum atomic E-state index is 12.3. The summed E-state index contributed by atoms with van der Waals surface area (Å²) in [6, 6.07) is 3.67. The predicted molar refractivity (Wildman–Crippen MR) is 72.1 cm³/mol. The number of rotatable bonds is 3. The Kier molecular flexibility index (Phi) is 3.15. The van der Waals surface area contributed by atoms with E-state index in [-0.39, 0.29) is 24.4 Å². The van der Waals surface area contributed by atoms with Gasteiger partial charge in [0.05, 0.1) is 16.9 Å². The average molecular weight is 329 g/mol. The molecule has 1 unspecified atom stereocenters. The molecule has 2 amide bonds. The molecule has 6 heteroatoms. The van der Waals surface area contributed by atoms with Gasteiger partial charge in [-0.05, 0) is 46.8 Å². The van der Waals surface area contributed by atoms with Crippen LogP contribution in [0.4, 0.5) is 0 Å². The smallest absolute Gasteiger partial charge is 0.246 e. The standard InChI is InChI=1S/C12H13BrN2O2S/c13-9-4-3-8(18-9)5-15-6-10(16)14-11(12(15)17)7-1-2-7/h3-4,7,11H,1-2,5-6H2,(H,14,16). The Labute approximate surface area is 117 Å². The van der Waals surface area contributed by atoms with E-state index in [1.165, 1.54) is 0 Å². The first-order valence-electron chi connectivity index (χ1n) is 5.96. The molecule has 1 aromatic rings. The fraction of sp³-hybridized carbons (Fsp3) is 0.500. The molecule has 1 aliphatic heterocycles. The first-order valence-corrected chi connectivity index (χ1v) is 7.57. The highest BCUT2D eigenvalue weighted by atomic mass is 79.9. The van der Waals surface area contributed by atoms with E-state index in [2.05, 4.69) is 21.2 Å². The second-order valence-electron chi connectivity index (χ2n) is 4.78. The van der Waals surface area contributed by atoms with Crippen LogP contribution in [0.15, 0.2) is 15.9 Å². The lowest BCUT2D eigenvalue weighted by Gasteiger charge is -2.32. The van der Waals surface area contributed by atoms with Gasteiger partial charge >= 0.3 is 0 Å². The molecule has 0 radical (unpaired) electrons. The van der Waals surface area contributed by atoms with Crippen molar-refractivity contribution in [3.8, 4) is 0 Å². The number of amides is 2. The summed E-state index contributed by atoms with van der Waals surface area (Å²) in [7, 11) is 0. The SMILES string of the molecule is O=C1CN(Cc2ccc(Br)s2)C(=O)C(C2CC2)N1. The van der Waals surface area contributed by atoms with E-state index in [4.69, 9.17) is 0 Å². The number of thiophene rings is 1. The van der Waals surface area contributed by atoms with Crippen LogP contribution in [0.3, 0.4) is 0 Å². The Balaban J connectivity index is 1.73. The van der Waals surface area contributed by atoms with E-state index in [9.17, 15) is 9.59 Å². The molecule has 3 rings (SSSR count). The summed E-state index contributed by atoms with van der Waals surface area (Å²) in [5.41, 5.74) is 0. The number of piperazine rings is 1. The molecule has 0 aromatic carbocycles. The van der Waals surface area contributed by atoms with E-state index in [0.29, 0.717) is 12.5 Å². The van der Waals surface area contributed by atoms with Crippen molar-refractivity contribution in [2.45, 2.75) is 25.4 Å². The minimum absolute atomic E-state index is 0.0397. The number of halogens is 1. The molecule has 0 bridgehead atoms. The van der Waals surface area contributed by atoms with Crippen molar-refractivity contribution in [1.82, 2.24) is 10.2 Å². The van der Waals surface area contributed by atoms with Gasteiger partial charge in [-0.25, -0.2) is 0 Å². The number of nitrogens with one attached hydrogen (secondary N) is 1. The van der Waals surface area contributed by atoms with Crippen LogP contribution >= 0.6 is 27.3 Å². The Bertz CT molecular complexity index is 498. The number of hydrogen-bond donors (Lipinski definition) is 1. The van der Waals surface area contributed by atoms with Gasteiger partial charge in [-0.2, -0.15) is 0 Å². The van der Waals surface area contributed by atoms with Crippen molar-refractivity contribution in [2.24, 2.45) is 5.92 Å². The number of carbonyl (C=O) groups is 2. The summed E-state index contributed by atoms with van der Waals surface area (Å²) in [6.45, 7) is 0.712. The van der Waals surface area contributed by atoms with E-state index in [0.717, 1.165) is 21.5 Å². The van der Waals surface area contributed by atoms with Gasteiger partial charge in [0.1, 0.15) is 6.04 Å². The van der Waals surface area contributed by atoms with Gasteiger partial charge in [0.25, 0.3) is 0 Å². The fourth-order valence-electron chi connectivity index (χ4n) is 2.24. The fourth-order valence-corrected chi connectivity index (χ4v) is 3.74. The van der Waals surface area contributed by atoms with Crippen LogP contribution in [0.25, 0.3) is 0 Å². The first-order chi connectivity index (χ1) is 8.63. The molecule has 1 atom stereocenters. The van der Waals surface area contributed by atoms with Crippen molar-refractivity contribution >= 4 is 39.1 Å². The molecule has 2 aliphatic rings. The predicted octanol–water partition coefficient (Wildman–Crippen LogP) is 1.75. The zero-order valence-corrected chi connectivity index (χ0v) is 12.1. The quantitative estimate of drug-likeness (QED) is 0.918. The number of carbonyl (C=O) groups excluding carboxylic acids is 2. The number of hydrogen-bond acceptors (Lipinski definition) is 3. The molecule has 1 saturated carbocycles. The molecule has 2 heterocycles. The molecule has 1 saturated heterocycles. The minimum atomic E-state index is -0.283. The van der Waals surface area contributed by atoms with Gasteiger partial charge in [0, 0.05) is 4.88 Å². The topological polar surface area (TPSA) is 49.4 Å². The third-order valence-electron chi connectivity index (χ3n) is 3.30. The highest BCUT2D eigenvalue weighted by Crippen LogP contribution is 2.34. The third kappa shape index (κ3) is 2.44. The van der Waals surface area contributed by atoms with Crippen molar-refractivity contribution in [3.05, 3.63) is 20.8 Å². The van der Waals surface area contributed by atoms with E-state index in [1.54, 1.807) is 16.2 Å². The van der Waals surface area contributed by atoms with Crippen LogP contribution < -0.4 is 5.32 Å². The van der Waals surface area contributed by atoms with Crippen LogP contribution in [-0.4, -0.2) is 29.3 Å². The van der Waals surface area contributed by atoms with E-state index < -0.39 is 0 Å². The van der Waals surface area contributed by atoms with Gasteiger partial charge in [-0.1, -0.05) is 0 Å². The summed E-state index contributed by atoms with van der Waals surface area (Å²) >= 11 is 5.01. The normalized spacial score (nSPS) is 24.3. The van der Waals surface area contributed by atoms with Crippen LogP contribution in [0.5, 0.6) is 0 Å². The van der Waals surface area contributed by atoms with Crippen LogP contribution in [0.1, 0.15) is 17.7 Å². The lowest BCUT2D eigenvalue weighted by molar-refractivity contribution is -0.145. The summed E-state index contributed by atoms with van der Waals surface area (Å²) in [6.07, 6.45) is 2.10. The van der Waals surface area contributed by atoms with Gasteiger partial charge < -0.3 is 10.2 Å². The largest absolute Gasteiger partial charge is 0.342 e. The summed E-state index contributed by atoms with van der Waals surface area (Å²) in [4.78, 5) is 26.7. The molecular weight excluding hydrogens is 316 g/mol. The van der Waals surface area contributed by atoms with Crippen molar-refractivity contribution in [3.63, 3.8) is 0 Å². The van der Waals surface area contributed by atoms with Gasteiger partial charge in [-0.15, -0.1) is 11.3 Å². The second kappa shape index (κ2) is 4.66. The maximum Gasteiger partial charge on any atom is 0.246 e. The Morgan fingerprint density at radius 2 is 2.17 bits per heavy atom.